The van der Waals surface area contributed by atoms with E-state index in [9.17, 15) is 18.0 Å². The quantitative estimate of drug-likeness (QED) is 0.641. The maximum Gasteiger partial charge on any atom is 0.324 e. The van der Waals surface area contributed by atoms with E-state index in [2.05, 4.69) is 24.1 Å². The normalized spacial score (nSPS) is 20.1. The van der Waals surface area contributed by atoms with Gasteiger partial charge in [-0.15, -0.1) is 0 Å². The number of hydrogen-bond acceptors (Lipinski definition) is 5. The second-order valence-corrected chi connectivity index (χ2v) is 9.62. The summed E-state index contributed by atoms with van der Waals surface area (Å²) in [4.78, 5) is 26.9. The van der Waals surface area contributed by atoms with Gasteiger partial charge in [-0.3, -0.25) is 9.69 Å². The summed E-state index contributed by atoms with van der Waals surface area (Å²) in [6.45, 7) is 7.63. The molecule has 1 atom stereocenters. The van der Waals surface area contributed by atoms with E-state index >= 15 is 0 Å². The number of amides is 3. The fourth-order valence-electron chi connectivity index (χ4n) is 3.68. The van der Waals surface area contributed by atoms with Gasteiger partial charge < -0.3 is 10.2 Å². The molecule has 0 saturated carbocycles. The Hall–Kier alpha value is -1.97. The van der Waals surface area contributed by atoms with Gasteiger partial charge in [0.15, 0.2) is 0 Å². The smallest absolute Gasteiger partial charge is 0.324 e. The fraction of sp³-hybridized carbons (Fsp3) is 0.600. The lowest BCUT2D eigenvalue weighted by atomic mass is 9.99. The number of imide groups is 1. The highest BCUT2D eigenvalue weighted by molar-refractivity contribution is 7.89. The SMILES string of the molecule is CCC(C)c1ccc(S(=O)(=O)N2CCN(CCCN3C(=O)CNC3=O)CC2)cc1. The minimum absolute atomic E-state index is 0.0771. The number of hydrogen-bond donors (Lipinski definition) is 1. The van der Waals surface area contributed by atoms with Crippen molar-refractivity contribution >= 4 is 22.0 Å². The Balaban J connectivity index is 1.49. The third-order valence-corrected chi connectivity index (χ3v) is 7.74. The molecule has 9 heteroatoms. The van der Waals surface area contributed by atoms with E-state index in [1.807, 2.05) is 12.1 Å². The number of carbonyl (C=O) groups is 2. The summed E-state index contributed by atoms with van der Waals surface area (Å²) in [7, 11) is -3.48. The zero-order valence-corrected chi connectivity index (χ0v) is 18.0. The zero-order valence-electron chi connectivity index (χ0n) is 17.1. The van der Waals surface area contributed by atoms with E-state index in [-0.39, 0.29) is 18.5 Å². The van der Waals surface area contributed by atoms with Gasteiger partial charge in [0, 0.05) is 32.7 Å². The highest BCUT2D eigenvalue weighted by Gasteiger charge is 2.30. The minimum Gasteiger partial charge on any atom is -0.329 e. The number of sulfonamides is 1. The Morgan fingerprint density at radius 3 is 2.24 bits per heavy atom. The van der Waals surface area contributed by atoms with E-state index < -0.39 is 10.0 Å². The molecule has 2 aliphatic rings. The van der Waals surface area contributed by atoms with Crippen LogP contribution < -0.4 is 5.32 Å². The number of carbonyl (C=O) groups excluding carboxylic acids is 2. The molecule has 8 nitrogen and oxygen atoms in total. The summed E-state index contributed by atoms with van der Waals surface area (Å²) in [5.74, 6) is 0.225. The second-order valence-electron chi connectivity index (χ2n) is 7.68. The molecular formula is C20H30N4O4S. The first-order chi connectivity index (χ1) is 13.8. The first-order valence-corrected chi connectivity index (χ1v) is 11.7. The van der Waals surface area contributed by atoms with Gasteiger partial charge in [-0.25, -0.2) is 13.2 Å². The van der Waals surface area contributed by atoms with Gasteiger partial charge >= 0.3 is 6.03 Å². The molecule has 2 aliphatic heterocycles. The van der Waals surface area contributed by atoms with Gasteiger partial charge in [0.1, 0.15) is 0 Å². The number of nitrogens with zero attached hydrogens (tertiary/aromatic N) is 3. The highest BCUT2D eigenvalue weighted by Crippen LogP contribution is 2.23. The third-order valence-electron chi connectivity index (χ3n) is 5.82. The first-order valence-electron chi connectivity index (χ1n) is 10.2. The number of piperazine rings is 1. The van der Waals surface area contributed by atoms with E-state index in [4.69, 9.17) is 0 Å². The van der Waals surface area contributed by atoms with Gasteiger partial charge in [-0.2, -0.15) is 4.31 Å². The molecule has 1 unspecified atom stereocenters. The predicted molar refractivity (Wildman–Crippen MR) is 110 cm³/mol. The lowest BCUT2D eigenvalue weighted by molar-refractivity contribution is -0.125. The summed E-state index contributed by atoms with van der Waals surface area (Å²) in [5.41, 5.74) is 1.15. The molecule has 1 aromatic carbocycles. The predicted octanol–water partition coefficient (Wildman–Crippen LogP) is 1.45. The molecule has 2 fully saturated rings. The third kappa shape index (κ3) is 4.96. The van der Waals surface area contributed by atoms with E-state index in [0.29, 0.717) is 50.0 Å². The summed E-state index contributed by atoms with van der Waals surface area (Å²) in [5, 5.41) is 2.51. The molecule has 0 aliphatic carbocycles. The van der Waals surface area contributed by atoms with E-state index in [1.165, 1.54) is 4.90 Å². The van der Waals surface area contributed by atoms with Crippen LogP contribution in [0.1, 0.15) is 38.2 Å². The second kappa shape index (κ2) is 9.23. The van der Waals surface area contributed by atoms with Crippen molar-refractivity contribution < 1.29 is 18.0 Å². The summed E-state index contributed by atoms with van der Waals surface area (Å²) in [6, 6.07) is 6.91. The van der Waals surface area contributed by atoms with Crippen LogP contribution in [0.25, 0.3) is 0 Å². The van der Waals surface area contributed by atoms with Crippen LogP contribution in [0.15, 0.2) is 29.2 Å². The number of urea groups is 1. The molecule has 160 valence electrons. The lowest BCUT2D eigenvalue weighted by Gasteiger charge is -2.34. The summed E-state index contributed by atoms with van der Waals surface area (Å²) < 4.78 is 27.4. The minimum atomic E-state index is -3.48. The Bertz CT molecular complexity index is 817. The maximum absolute atomic E-state index is 12.9. The number of benzene rings is 1. The van der Waals surface area contributed by atoms with Crippen molar-refractivity contribution in [1.29, 1.82) is 0 Å². The molecule has 0 spiro atoms. The number of rotatable bonds is 8. The molecule has 0 aromatic heterocycles. The van der Waals surface area contributed by atoms with Crippen molar-refractivity contribution in [2.75, 3.05) is 45.8 Å². The average Bonchev–Trinajstić information content (AvgIpc) is 3.05. The van der Waals surface area contributed by atoms with Crippen LogP contribution in [-0.2, 0) is 14.8 Å². The average molecular weight is 423 g/mol. The molecule has 3 amide bonds. The van der Waals surface area contributed by atoms with E-state index in [1.54, 1.807) is 16.4 Å². The van der Waals surface area contributed by atoms with Gasteiger partial charge in [0.2, 0.25) is 15.9 Å². The number of nitrogens with one attached hydrogen (secondary N) is 1. The molecule has 2 heterocycles. The standard InChI is InChI=1S/C20H30N4O4S/c1-3-16(2)17-5-7-18(8-6-17)29(27,28)23-13-11-22(12-14-23)9-4-10-24-19(25)15-21-20(24)26/h5-8,16H,3-4,9-15H2,1-2H3,(H,21,26). The van der Waals surface area contributed by atoms with Crippen molar-refractivity contribution in [1.82, 2.24) is 19.4 Å². The Morgan fingerprint density at radius 2 is 1.69 bits per heavy atom. The Labute approximate surface area is 172 Å². The van der Waals surface area contributed by atoms with Crippen LogP contribution in [0.3, 0.4) is 0 Å². The maximum atomic E-state index is 12.9. The van der Waals surface area contributed by atoms with Gasteiger partial charge in [-0.05, 0) is 43.0 Å². The largest absolute Gasteiger partial charge is 0.329 e. The topological polar surface area (TPSA) is 90.0 Å². The molecule has 1 N–H and O–H groups in total. The van der Waals surface area contributed by atoms with E-state index in [0.717, 1.165) is 18.5 Å². The fourth-order valence-corrected chi connectivity index (χ4v) is 5.10. The molecule has 0 radical (unpaired) electrons. The van der Waals surface area contributed by atoms with Crippen LogP contribution in [-0.4, -0.2) is 80.3 Å². The first kappa shape index (κ1) is 21.7. The van der Waals surface area contributed by atoms with Crippen LogP contribution in [0.2, 0.25) is 0 Å². The molecule has 29 heavy (non-hydrogen) atoms. The van der Waals surface area contributed by atoms with Crippen LogP contribution in [0, 0.1) is 0 Å². The van der Waals surface area contributed by atoms with Crippen LogP contribution >= 0.6 is 0 Å². The van der Waals surface area contributed by atoms with Crippen molar-refractivity contribution in [3.8, 4) is 0 Å². The molecular weight excluding hydrogens is 392 g/mol. The molecule has 0 bridgehead atoms. The molecule has 3 rings (SSSR count). The van der Waals surface area contributed by atoms with Crippen LogP contribution in [0.5, 0.6) is 0 Å². The zero-order chi connectivity index (χ0) is 21.0. The summed E-state index contributed by atoms with van der Waals surface area (Å²) >= 11 is 0. The summed E-state index contributed by atoms with van der Waals surface area (Å²) in [6.07, 6.45) is 1.70. The van der Waals surface area contributed by atoms with Gasteiger partial charge in [0.05, 0.1) is 11.4 Å². The van der Waals surface area contributed by atoms with Crippen LogP contribution in [0.4, 0.5) is 4.79 Å². The Morgan fingerprint density at radius 1 is 1.03 bits per heavy atom. The van der Waals surface area contributed by atoms with Crippen molar-refractivity contribution in [3.63, 3.8) is 0 Å². The van der Waals surface area contributed by atoms with Gasteiger partial charge in [0.25, 0.3) is 0 Å². The van der Waals surface area contributed by atoms with Crippen molar-refractivity contribution in [3.05, 3.63) is 29.8 Å². The van der Waals surface area contributed by atoms with Crippen molar-refractivity contribution in [2.45, 2.75) is 37.5 Å². The molecule has 2 saturated heterocycles. The highest BCUT2D eigenvalue weighted by atomic mass is 32.2. The molecule has 1 aromatic rings. The van der Waals surface area contributed by atoms with Gasteiger partial charge in [-0.1, -0.05) is 26.0 Å². The monoisotopic (exact) mass is 422 g/mol. The Kier molecular flexibility index (Phi) is 6.92. The lowest BCUT2D eigenvalue weighted by Crippen LogP contribution is -2.49. The van der Waals surface area contributed by atoms with Crippen molar-refractivity contribution in [2.24, 2.45) is 0 Å².